The number of benzene rings is 2. The number of rotatable bonds is 6. The average Bonchev–Trinajstić information content (AvgIpc) is 3.38. The zero-order valence-electron chi connectivity index (χ0n) is 17.6. The number of hydrogen-bond acceptors (Lipinski definition) is 3. The second-order valence-corrected chi connectivity index (χ2v) is 9.68. The number of carbonyl (C=O) groups excluding carboxylic acids is 2. The molecule has 2 aromatic carbocycles. The number of amides is 2. The summed E-state index contributed by atoms with van der Waals surface area (Å²) in [5.41, 5.74) is -0.707. The number of aromatic nitrogens is 1. The van der Waals surface area contributed by atoms with E-state index in [4.69, 9.17) is 34.8 Å². The van der Waals surface area contributed by atoms with Gasteiger partial charge in [-0.05, 0) is 29.8 Å². The molecule has 13 heteroatoms. The molecule has 0 spiro atoms. The molecular weight excluding hydrogens is 552 g/mol. The number of nitrogens with zero attached hydrogens (tertiary/aromatic N) is 1. The first-order valence-electron chi connectivity index (χ1n) is 10.1. The fourth-order valence-electron chi connectivity index (χ4n) is 3.66. The molecular formula is C23H13Cl3F5N3O2. The van der Waals surface area contributed by atoms with Crippen molar-refractivity contribution in [2.75, 3.05) is 10.6 Å². The Bertz CT molecular complexity index is 1370. The molecule has 1 aromatic heterocycles. The van der Waals surface area contributed by atoms with Gasteiger partial charge in [-0.25, -0.2) is 26.9 Å². The number of halogens is 8. The van der Waals surface area contributed by atoms with Gasteiger partial charge < -0.3 is 10.6 Å². The van der Waals surface area contributed by atoms with Crippen LogP contribution >= 0.6 is 34.8 Å². The molecule has 0 saturated heterocycles. The first-order chi connectivity index (χ1) is 16.9. The van der Waals surface area contributed by atoms with E-state index in [0.717, 1.165) is 12.1 Å². The largest absolute Gasteiger partial charge is 0.326 e. The quantitative estimate of drug-likeness (QED) is 0.254. The predicted molar refractivity (Wildman–Crippen MR) is 124 cm³/mol. The molecule has 188 valence electrons. The molecule has 3 aromatic rings. The van der Waals surface area contributed by atoms with E-state index in [2.05, 4.69) is 15.6 Å². The molecule has 36 heavy (non-hydrogen) atoms. The van der Waals surface area contributed by atoms with Gasteiger partial charge in [-0.3, -0.25) is 9.59 Å². The molecule has 1 saturated carbocycles. The van der Waals surface area contributed by atoms with E-state index in [0.29, 0.717) is 12.3 Å². The van der Waals surface area contributed by atoms with Crippen LogP contribution in [0.2, 0.25) is 5.02 Å². The molecule has 0 radical (unpaired) electrons. The fourth-order valence-corrected chi connectivity index (χ4v) is 4.69. The number of anilines is 2. The van der Waals surface area contributed by atoms with Crippen LogP contribution in [0.5, 0.6) is 0 Å². The van der Waals surface area contributed by atoms with Crippen LogP contribution in [0.15, 0.2) is 48.7 Å². The van der Waals surface area contributed by atoms with Gasteiger partial charge in [0.15, 0.2) is 11.6 Å². The van der Waals surface area contributed by atoms with Gasteiger partial charge in [0.1, 0.15) is 16.0 Å². The zero-order chi connectivity index (χ0) is 26.4. The summed E-state index contributed by atoms with van der Waals surface area (Å²) in [5, 5.41) is 4.61. The lowest BCUT2D eigenvalue weighted by atomic mass is 10.1. The summed E-state index contributed by atoms with van der Waals surface area (Å²) < 4.78 is 64.9. The van der Waals surface area contributed by atoms with Crippen LogP contribution in [0.3, 0.4) is 0 Å². The van der Waals surface area contributed by atoms with E-state index in [9.17, 15) is 31.5 Å². The minimum absolute atomic E-state index is 0.0454. The highest BCUT2D eigenvalue weighted by Crippen LogP contribution is 2.65. The van der Waals surface area contributed by atoms with Crippen LogP contribution in [0.1, 0.15) is 33.8 Å². The van der Waals surface area contributed by atoms with Crippen molar-refractivity contribution in [1.82, 2.24) is 4.98 Å². The zero-order valence-corrected chi connectivity index (χ0v) is 19.9. The molecule has 1 aliphatic rings. The van der Waals surface area contributed by atoms with Crippen LogP contribution in [0.25, 0.3) is 0 Å². The summed E-state index contributed by atoms with van der Waals surface area (Å²) in [4.78, 5) is 28.9. The Morgan fingerprint density at radius 3 is 2.33 bits per heavy atom. The maximum atomic E-state index is 14.0. The topological polar surface area (TPSA) is 71.1 Å². The van der Waals surface area contributed by atoms with Gasteiger partial charge >= 0.3 is 0 Å². The highest BCUT2D eigenvalue weighted by molar-refractivity contribution is 6.53. The second kappa shape index (κ2) is 9.84. The van der Waals surface area contributed by atoms with Crippen LogP contribution < -0.4 is 10.6 Å². The lowest BCUT2D eigenvalue weighted by Crippen LogP contribution is -2.19. The Kier molecular flexibility index (Phi) is 7.14. The molecule has 2 N–H and O–H groups in total. The van der Waals surface area contributed by atoms with Crippen molar-refractivity contribution in [3.8, 4) is 0 Å². The lowest BCUT2D eigenvalue weighted by molar-refractivity contribution is -0.117. The van der Waals surface area contributed by atoms with E-state index in [1.807, 2.05) is 0 Å². The van der Waals surface area contributed by atoms with E-state index in [1.54, 1.807) is 0 Å². The van der Waals surface area contributed by atoms with Crippen molar-refractivity contribution in [3.05, 3.63) is 87.8 Å². The molecule has 0 aliphatic heterocycles. The third-order valence-electron chi connectivity index (χ3n) is 5.47. The fraction of sp³-hybridized carbons (Fsp3) is 0.174. The lowest BCUT2D eigenvalue weighted by Gasteiger charge is -2.10. The molecule has 4 rings (SSSR count). The first-order valence-corrected chi connectivity index (χ1v) is 11.2. The predicted octanol–water partition coefficient (Wildman–Crippen LogP) is 6.87. The third-order valence-corrected chi connectivity index (χ3v) is 6.74. The van der Waals surface area contributed by atoms with Gasteiger partial charge in [-0.1, -0.05) is 23.7 Å². The van der Waals surface area contributed by atoms with Crippen molar-refractivity contribution >= 4 is 58.1 Å². The summed E-state index contributed by atoms with van der Waals surface area (Å²) in [6, 6.07) is 7.35. The molecule has 2 amide bonds. The Labute approximate surface area is 215 Å². The highest BCUT2D eigenvalue weighted by atomic mass is 35.5. The SMILES string of the molecule is O=C(Nc1ncc(F)cc1F)c1cc(NC(=O)C2C(c3ccc(C(F)F)c(F)c3)C2(Cl)Cl)ccc1Cl. The molecule has 1 aliphatic carbocycles. The number of hydrogen-bond donors (Lipinski definition) is 2. The van der Waals surface area contributed by atoms with Gasteiger partial charge in [0.05, 0.1) is 28.3 Å². The summed E-state index contributed by atoms with van der Waals surface area (Å²) >= 11 is 18.5. The average molecular weight is 565 g/mol. The Morgan fingerprint density at radius 1 is 0.972 bits per heavy atom. The monoisotopic (exact) mass is 563 g/mol. The maximum Gasteiger partial charge on any atom is 0.266 e. The summed E-state index contributed by atoms with van der Waals surface area (Å²) in [5.74, 6) is -7.27. The summed E-state index contributed by atoms with van der Waals surface area (Å²) in [7, 11) is 0. The number of nitrogens with one attached hydrogen (secondary N) is 2. The first kappa shape index (κ1) is 26.1. The van der Waals surface area contributed by atoms with Gasteiger partial charge in [0, 0.05) is 17.7 Å². The molecule has 5 nitrogen and oxygen atoms in total. The Hall–Kier alpha value is -2.95. The van der Waals surface area contributed by atoms with Gasteiger partial charge in [0.2, 0.25) is 5.91 Å². The van der Waals surface area contributed by atoms with E-state index in [1.165, 1.54) is 24.3 Å². The third kappa shape index (κ3) is 5.11. The van der Waals surface area contributed by atoms with E-state index < -0.39 is 63.2 Å². The van der Waals surface area contributed by atoms with Crippen molar-refractivity contribution in [2.45, 2.75) is 16.7 Å². The van der Waals surface area contributed by atoms with Crippen molar-refractivity contribution in [1.29, 1.82) is 0 Å². The number of pyridine rings is 1. The van der Waals surface area contributed by atoms with Crippen LogP contribution in [0.4, 0.5) is 33.5 Å². The number of alkyl halides is 4. The Morgan fingerprint density at radius 2 is 1.69 bits per heavy atom. The standard InChI is InChI=1S/C23H13Cl3F5N3O2/c24-14-4-2-11(7-13(14)21(35)34-20-16(29)6-10(27)8-32-20)33-22(36)18-17(23(18,25)26)9-1-3-12(19(30)31)15(28)5-9/h1-8,17-19H,(H,33,36)(H,32,34,35). The maximum absolute atomic E-state index is 14.0. The van der Waals surface area contributed by atoms with Crippen molar-refractivity contribution < 1.29 is 31.5 Å². The normalized spacial score (nSPS) is 18.1. The minimum Gasteiger partial charge on any atom is -0.326 e. The highest BCUT2D eigenvalue weighted by Gasteiger charge is 2.67. The van der Waals surface area contributed by atoms with Crippen LogP contribution in [-0.4, -0.2) is 21.1 Å². The molecule has 2 atom stereocenters. The van der Waals surface area contributed by atoms with Gasteiger partial charge in [-0.15, -0.1) is 23.2 Å². The molecule has 1 fully saturated rings. The van der Waals surface area contributed by atoms with Crippen molar-refractivity contribution in [3.63, 3.8) is 0 Å². The van der Waals surface area contributed by atoms with Gasteiger partial charge in [-0.2, -0.15) is 0 Å². The van der Waals surface area contributed by atoms with E-state index in [-0.39, 0.29) is 21.8 Å². The second-order valence-electron chi connectivity index (χ2n) is 7.83. The van der Waals surface area contributed by atoms with Crippen LogP contribution in [0, 0.1) is 23.4 Å². The molecule has 0 bridgehead atoms. The van der Waals surface area contributed by atoms with Gasteiger partial charge in [0.25, 0.3) is 12.3 Å². The van der Waals surface area contributed by atoms with E-state index >= 15 is 0 Å². The minimum atomic E-state index is -3.01. The number of carbonyl (C=O) groups is 2. The van der Waals surface area contributed by atoms with Crippen LogP contribution in [-0.2, 0) is 4.79 Å². The van der Waals surface area contributed by atoms with Crippen molar-refractivity contribution in [2.24, 2.45) is 5.92 Å². The molecule has 1 heterocycles. The molecule has 2 unspecified atom stereocenters. The summed E-state index contributed by atoms with van der Waals surface area (Å²) in [6.45, 7) is 0. The summed E-state index contributed by atoms with van der Waals surface area (Å²) in [6.07, 6.45) is -2.30. The smallest absolute Gasteiger partial charge is 0.266 e. The Balaban J connectivity index is 1.50.